The van der Waals surface area contributed by atoms with Crippen LogP contribution in [0.15, 0.2) is 47.1 Å². The number of aromatic nitrogens is 1. The Balaban J connectivity index is 1.90. The fourth-order valence-electron chi connectivity index (χ4n) is 2.54. The maximum atomic E-state index is 12.7. The second-order valence-corrected chi connectivity index (χ2v) is 5.44. The lowest BCUT2D eigenvalue weighted by atomic mass is 10.1. The molecule has 118 valence electrons. The van der Waals surface area contributed by atoms with Crippen LogP contribution < -0.4 is 4.74 Å². The van der Waals surface area contributed by atoms with Gasteiger partial charge in [0, 0.05) is 36.9 Å². The molecule has 3 aromatic rings. The molecule has 0 aliphatic heterocycles. The molecule has 2 heterocycles. The van der Waals surface area contributed by atoms with Gasteiger partial charge in [-0.25, -0.2) is 0 Å². The first-order valence-corrected chi connectivity index (χ1v) is 7.31. The van der Waals surface area contributed by atoms with Crippen LogP contribution in [0.1, 0.15) is 21.7 Å². The summed E-state index contributed by atoms with van der Waals surface area (Å²) in [5.74, 6) is 0.949. The lowest BCUT2D eigenvalue weighted by molar-refractivity contribution is 0.0754. The summed E-state index contributed by atoms with van der Waals surface area (Å²) in [5.41, 5.74) is 2.47. The fourth-order valence-corrected chi connectivity index (χ4v) is 2.54. The molecular formula is C18H18N2O3. The molecule has 0 aliphatic rings. The van der Waals surface area contributed by atoms with E-state index >= 15 is 0 Å². The van der Waals surface area contributed by atoms with Crippen LogP contribution in [0.25, 0.3) is 11.0 Å². The van der Waals surface area contributed by atoms with Crippen molar-refractivity contribution in [2.75, 3.05) is 14.2 Å². The van der Waals surface area contributed by atoms with E-state index in [1.807, 2.05) is 37.3 Å². The minimum absolute atomic E-state index is 0.151. The smallest absolute Gasteiger partial charge is 0.289 e. The monoisotopic (exact) mass is 310 g/mol. The molecule has 0 bridgehead atoms. The maximum Gasteiger partial charge on any atom is 0.289 e. The summed E-state index contributed by atoms with van der Waals surface area (Å²) in [4.78, 5) is 18.4. The van der Waals surface area contributed by atoms with Crippen molar-refractivity contribution in [1.82, 2.24) is 9.88 Å². The number of carbonyl (C=O) groups excluding carboxylic acids is 1. The first kappa shape index (κ1) is 15.1. The van der Waals surface area contributed by atoms with Gasteiger partial charge in [0.05, 0.1) is 7.11 Å². The summed E-state index contributed by atoms with van der Waals surface area (Å²) in [7, 11) is 3.37. The molecule has 1 aromatic carbocycles. The average Bonchev–Trinajstić information content (AvgIpc) is 2.91. The van der Waals surface area contributed by atoms with Gasteiger partial charge < -0.3 is 14.1 Å². The third-order valence-corrected chi connectivity index (χ3v) is 3.83. The Morgan fingerprint density at radius 3 is 2.87 bits per heavy atom. The molecule has 1 amide bonds. The molecule has 3 rings (SSSR count). The molecule has 0 spiro atoms. The number of carbonyl (C=O) groups is 1. The number of pyridine rings is 1. The third kappa shape index (κ3) is 2.90. The first-order valence-electron chi connectivity index (χ1n) is 7.31. The lowest BCUT2D eigenvalue weighted by Gasteiger charge is -2.15. The van der Waals surface area contributed by atoms with Crippen molar-refractivity contribution >= 4 is 16.9 Å². The molecule has 23 heavy (non-hydrogen) atoms. The molecular weight excluding hydrogens is 292 g/mol. The molecule has 2 aromatic heterocycles. The first-order chi connectivity index (χ1) is 11.1. The number of amides is 1. The summed E-state index contributed by atoms with van der Waals surface area (Å²) >= 11 is 0. The number of methoxy groups -OCH3 is 1. The van der Waals surface area contributed by atoms with Crippen LogP contribution in [0, 0.1) is 6.92 Å². The van der Waals surface area contributed by atoms with Gasteiger partial charge in [-0.3, -0.25) is 9.78 Å². The lowest BCUT2D eigenvalue weighted by Crippen LogP contribution is -2.26. The number of ether oxygens (including phenoxy) is 1. The largest absolute Gasteiger partial charge is 0.497 e. The van der Waals surface area contributed by atoms with E-state index < -0.39 is 0 Å². The Labute approximate surface area is 134 Å². The summed E-state index contributed by atoms with van der Waals surface area (Å²) in [5, 5.41) is 0.891. The summed E-state index contributed by atoms with van der Waals surface area (Å²) in [6, 6.07) is 9.31. The van der Waals surface area contributed by atoms with Crippen LogP contribution in [0.3, 0.4) is 0 Å². The van der Waals surface area contributed by atoms with E-state index in [0.29, 0.717) is 17.9 Å². The molecule has 0 saturated carbocycles. The Kier molecular flexibility index (Phi) is 4.02. The molecule has 0 N–H and O–H groups in total. The highest BCUT2D eigenvalue weighted by Gasteiger charge is 2.21. The van der Waals surface area contributed by atoms with Crippen LogP contribution in [-0.2, 0) is 6.54 Å². The predicted molar refractivity (Wildman–Crippen MR) is 87.5 cm³/mol. The zero-order valence-corrected chi connectivity index (χ0v) is 13.4. The average molecular weight is 310 g/mol. The Bertz CT molecular complexity index is 840. The highest BCUT2D eigenvalue weighted by atomic mass is 16.5. The molecule has 0 saturated heterocycles. The van der Waals surface area contributed by atoms with Crippen molar-refractivity contribution in [2.45, 2.75) is 13.5 Å². The zero-order valence-electron chi connectivity index (χ0n) is 13.4. The van der Waals surface area contributed by atoms with E-state index in [4.69, 9.17) is 9.15 Å². The van der Waals surface area contributed by atoms with E-state index in [-0.39, 0.29) is 5.91 Å². The van der Waals surface area contributed by atoms with Crippen molar-refractivity contribution in [3.8, 4) is 5.75 Å². The van der Waals surface area contributed by atoms with Gasteiger partial charge in [0.15, 0.2) is 5.76 Å². The van der Waals surface area contributed by atoms with E-state index in [1.165, 1.54) is 0 Å². The minimum atomic E-state index is -0.151. The van der Waals surface area contributed by atoms with Gasteiger partial charge in [-0.2, -0.15) is 0 Å². The van der Waals surface area contributed by atoms with E-state index in [2.05, 4.69) is 4.98 Å². The quantitative estimate of drug-likeness (QED) is 0.741. The summed E-state index contributed by atoms with van der Waals surface area (Å²) < 4.78 is 11.0. The third-order valence-electron chi connectivity index (χ3n) is 3.83. The Hall–Kier alpha value is -2.82. The highest BCUT2D eigenvalue weighted by molar-refractivity contribution is 5.99. The fraction of sp³-hybridized carbons (Fsp3) is 0.222. The van der Waals surface area contributed by atoms with Gasteiger partial charge in [0.25, 0.3) is 5.91 Å². The van der Waals surface area contributed by atoms with Gasteiger partial charge in [0.1, 0.15) is 11.3 Å². The Morgan fingerprint density at radius 2 is 2.17 bits per heavy atom. The summed E-state index contributed by atoms with van der Waals surface area (Å²) in [6.07, 6.45) is 3.46. The van der Waals surface area contributed by atoms with E-state index in [1.54, 1.807) is 31.5 Å². The predicted octanol–water partition coefficient (Wildman–Crippen LogP) is 3.42. The maximum absolute atomic E-state index is 12.7. The minimum Gasteiger partial charge on any atom is -0.497 e. The van der Waals surface area contributed by atoms with Crippen molar-refractivity contribution in [3.05, 3.63) is 59.6 Å². The van der Waals surface area contributed by atoms with Crippen molar-refractivity contribution < 1.29 is 13.9 Å². The van der Waals surface area contributed by atoms with Crippen LogP contribution in [0.5, 0.6) is 5.75 Å². The van der Waals surface area contributed by atoms with Crippen LogP contribution in [-0.4, -0.2) is 29.9 Å². The van der Waals surface area contributed by atoms with Gasteiger partial charge in [0.2, 0.25) is 0 Å². The van der Waals surface area contributed by atoms with Crippen molar-refractivity contribution in [3.63, 3.8) is 0 Å². The highest BCUT2D eigenvalue weighted by Crippen LogP contribution is 2.29. The van der Waals surface area contributed by atoms with Crippen LogP contribution in [0.4, 0.5) is 0 Å². The van der Waals surface area contributed by atoms with Gasteiger partial charge in [-0.05, 0) is 36.8 Å². The van der Waals surface area contributed by atoms with Crippen molar-refractivity contribution in [1.29, 1.82) is 0 Å². The summed E-state index contributed by atoms with van der Waals surface area (Å²) in [6.45, 7) is 2.36. The number of furan rings is 1. The molecule has 0 aliphatic carbocycles. The number of benzene rings is 1. The number of hydrogen-bond donors (Lipinski definition) is 0. The van der Waals surface area contributed by atoms with Gasteiger partial charge >= 0.3 is 0 Å². The van der Waals surface area contributed by atoms with E-state index in [9.17, 15) is 4.79 Å². The number of hydrogen-bond acceptors (Lipinski definition) is 4. The molecule has 5 nitrogen and oxygen atoms in total. The van der Waals surface area contributed by atoms with Gasteiger partial charge in [-0.1, -0.05) is 6.07 Å². The zero-order chi connectivity index (χ0) is 16.4. The normalized spacial score (nSPS) is 10.7. The second kappa shape index (κ2) is 6.12. The molecule has 5 heteroatoms. The topological polar surface area (TPSA) is 55.6 Å². The number of rotatable bonds is 4. The van der Waals surface area contributed by atoms with Crippen LogP contribution >= 0.6 is 0 Å². The Morgan fingerprint density at radius 1 is 1.35 bits per heavy atom. The number of fused-ring (bicyclic) bond motifs is 1. The number of aryl methyl sites for hydroxylation is 1. The second-order valence-electron chi connectivity index (χ2n) is 5.44. The SMILES string of the molecule is COc1ccc2oc(C(=O)N(C)Cc3cccnc3)c(C)c2c1. The number of nitrogens with zero attached hydrogens (tertiary/aromatic N) is 2. The molecule has 0 atom stereocenters. The van der Waals surface area contributed by atoms with Gasteiger partial charge in [-0.15, -0.1) is 0 Å². The molecule has 0 fully saturated rings. The molecule has 0 radical (unpaired) electrons. The molecule has 0 unspecified atom stereocenters. The van der Waals surface area contributed by atoms with E-state index in [0.717, 1.165) is 22.3 Å². The standard InChI is InChI=1S/C18H18N2O3/c1-12-15-9-14(22-3)6-7-16(15)23-17(12)18(21)20(2)11-13-5-4-8-19-10-13/h4-10H,11H2,1-3H3. The van der Waals surface area contributed by atoms with Crippen molar-refractivity contribution in [2.24, 2.45) is 0 Å². The van der Waals surface area contributed by atoms with Crippen LogP contribution in [0.2, 0.25) is 0 Å².